The normalized spacial score (nSPS) is 12.6. The first-order valence-corrected chi connectivity index (χ1v) is 11.9. The van der Waals surface area contributed by atoms with Gasteiger partial charge in [0.25, 0.3) is 5.91 Å². The van der Waals surface area contributed by atoms with Gasteiger partial charge in [-0.3, -0.25) is 4.79 Å². The van der Waals surface area contributed by atoms with E-state index in [-0.39, 0.29) is 17.7 Å². The van der Waals surface area contributed by atoms with Crippen LogP contribution in [0.15, 0.2) is 48.9 Å². The van der Waals surface area contributed by atoms with Crippen molar-refractivity contribution in [3.63, 3.8) is 0 Å². The smallest absolute Gasteiger partial charge is 0.251 e. The third kappa shape index (κ3) is 6.19. The summed E-state index contributed by atoms with van der Waals surface area (Å²) in [6, 6.07) is 10.3. The molecule has 1 amide bonds. The number of hydrogen-bond donors (Lipinski definition) is 2. The van der Waals surface area contributed by atoms with Crippen LogP contribution in [0, 0.1) is 11.9 Å². The summed E-state index contributed by atoms with van der Waals surface area (Å²) in [5.74, 6) is 2.07. The summed E-state index contributed by atoms with van der Waals surface area (Å²) in [4.78, 5) is 24.3. The van der Waals surface area contributed by atoms with Crippen LogP contribution < -0.4 is 15.4 Å². The second-order valence-corrected chi connectivity index (χ2v) is 8.49. The first-order chi connectivity index (χ1) is 16.0. The molecule has 3 aromatic rings. The maximum atomic E-state index is 13.1. The average molecular weight is 470 g/mol. The Bertz CT molecular complexity index is 1080. The molecule has 0 aliphatic rings. The summed E-state index contributed by atoms with van der Waals surface area (Å²) in [6.07, 6.45) is 5.01. The van der Waals surface area contributed by atoms with E-state index in [0.717, 1.165) is 16.9 Å². The minimum absolute atomic E-state index is 0.147. The number of aromatic nitrogens is 3. The Labute approximate surface area is 197 Å². The van der Waals surface area contributed by atoms with E-state index in [1.165, 1.54) is 18.6 Å². The molecule has 2 heterocycles. The molecule has 2 unspecified atom stereocenters. The molecule has 0 spiro atoms. The van der Waals surface area contributed by atoms with Gasteiger partial charge in [-0.1, -0.05) is 13.0 Å². The predicted octanol–water partition coefficient (Wildman–Crippen LogP) is 4.24. The van der Waals surface area contributed by atoms with Gasteiger partial charge in [-0.2, -0.15) is 16.2 Å². The number of halogens is 1. The zero-order valence-corrected chi connectivity index (χ0v) is 19.9. The fraction of sp³-hybridized carbons (Fsp3) is 0.333. The monoisotopic (exact) mass is 469 g/mol. The number of methoxy groups -OCH3 is 1. The van der Waals surface area contributed by atoms with Crippen LogP contribution in [0.3, 0.4) is 0 Å². The van der Waals surface area contributed by atoms with Crippen LogP contribution in [0.25, 0.3) is 11.3 Å². The highest BCUT2D eigenvalue weighted by molar-refractivity contribution is 7.98. The lowest BCUT2D eigenvalue weighted by molar-refractivity contribution is 0.0962. The summed E-state index contributed by atoms with van der Waals surface area (Å²) < 4.78 is 18.7. The minimum atomic E-state index is -0.529. The molecule has 0 radical (unpaired) electrons. The van der Waals surface area contributed by atoms with Crippen LogP contribution >= 0.6 is 11.8 Å². The zero-order chi connectivity index (χ0) is 23.8. The number of nitrogens with one attached hydrogen (secondary N) is 2. The van der Waals surface area contributed by atoms with Crippen molar-refractivity contribution in [1.82, 2.24) is 20.3 Å². The summed E-state index contributed by atoms with van der Waals surface area (Å²) in [7, 11) is 3.23. The molecule has 0 bridgehead atoms. The van der Waals surface area contributed by atoms with Gasteiger partial charge in [-0.15, -0.1) is 0 Å². The Morgan fingerprint density at radius 2 is 2.00 bits per heavy atom. The largest absolute Gasteiger partial charge is 0.496 e. The van der Waals surface area contributed by atoms with Crippen LogP contribution in [0.4, 0.5) is 10.2 Å². The van der Waals surface area contributed by atoms with Gasteiger partial charge >= 0.3 is 0 Å². The highest BCUT2D eigenvalue weighted by atomic mass is 32.2. The zero-order valence-electron chi connectivity index (χ0n) is 19.1. The van der Waals surface area contributed by atoms with Gasteiger partial charge in [0, 0.05) is 37.0 Å². The van der Waals surface area contributed by atoms with Crippen molar-refractivity contribution in [3.05, 3.63) is 66.0 Å². The molecule has 2 aromatic heterocycles. The number of hydrogen-bond acceptors (Lipinski definition) is 7. The van der Waals surface area contributed by atoms with E-state index < -0.39 is 5.95 Å². The molecule has 3 rings (SSSR count). The van der Waals surface area contributed by atoms with E-state index >= 15 is 0 Å². The first-order valence-electron chi connectivity index (χ1n) is 10.5. The van der Waals surface area contributed by atoms with E-state index in [0.29, 0.717) is 29.4 Å². The van der Waals surface area contributed by atoms with E-state index in [9.17, 15) is 9.18 Å². The van der Waals surface area contributed by atoms with Crippen molar-refractivity contribution in [2.75, 3.05) is 38.0 Å². The molecule has 0 saturated heterocycles. The van der Waals surface area contributed by atoms with Crippen molar-refractivity contribution in [1.29, 1.82) is 0 Å². The van der Waals surface area contributed by atoms with E-state index in [4.69, 9.17) is 4.74 Å². The summed E-state index contributed by atoms with van der Waals surface area (Å²) >= 11 is 1.77. The quantitative estimate of drug-likeness (QED) is 0.429. The Kier molecular flexibility index (Phi) is 8.59. The number of thioether (sulfide) groups is 1. The SMILES string of the molecule is CNC(=O)c1ccc(C(C)C(CNc2cc(-c3ccc(F)nc3)ncn2)CSC)c(OC)c1. The Balaban J connectivity index is 1.76. The van der Waals surface area contributed by atoms with Crippen LogP contribution in [0.2, 0.25) is 0 Å². The van der Waals surface area contributed by atoms with Gasteiger partial charge in [0.15, 0.2) is 0 Å². The number of nitrogens with zero attached hydrogens (tertiary/aromatic N) is 3. The number of carbonyl (C=O) groups excluding carboxylic acids is 1. The number of carbonyl (C=O) groups is 1. The molecule has 7 nitrogen and oxygen atoms in total. The predicted molar refractivity (Wildman–Crippen MR) is 130 cm³/mol. The molecular formula is C24H28FN5O2S. The molecule has 0 aliphatic heterocycles. The number of amides is 1. The summed E-state index contributed by atoms with van der Waals surface area (Å²) in [6.45, 7) is 2.84. The molecule has 0 saturated carbocycles. The molecular weight excluding hydrogens is 441 g/mol. The lowest BCUT2D eigenvalue weighted by atomic mass is 9.87. The number of anilines is 1. The average Bonchev–Trinajstić information content (AvgIpc) is 2.85. The lowest BCUT2D eigenvalue weighted by Crippen LogP contribution is -2.23. The van der Waals surface area contributed by atoms with E-state index in [1.807, 2.05) is 18.2 Å². The van der Waals surface area contributed by atoms with E-state index in [1.54, 1.807) is 38.1 Å². The highest BCUT2D eigenvalue weighted by Crippen LogP contribution is 2.34. The van der Waals surface area contributed by atoms with Crippen LogP contribution in [-0.4, -0.2) is 53.6 Å². The Hall–Kier alpha value is -3.20. The van der Waals surface area contributed by atoms with Gasteiger partial charge in [-0.05, 0) is 53.7 Å². The molecule has 33 heavy (non-hydrogen) atoms. The van der Waals surface area contributed by atoms with Crippen LogP contribution in [0.1, 0.15) is 28.8 Å². The fourth-order valence-corrected chi connectivity index (χ4v) is 4.43. The van der Waals surface area contributed by atoms with Crippen molar-refractivity contribution < 1.29 is 13.9 Å². The van der Waals surface area contributed by atoms with Crippen LogP contribution in [0.5, 0.6) is 5.75 Å². The summed E-state index contributed by atoms with van der Waals surface area (Å²) in [5.41, 5.74) is 3.00. The molecule has 1 aromatic carbocycles. The lowest BCUT2D eigenvalue weighted by Gasteiger charge is -2.26. The van der Waals surface area contributed by atoms with Gasteiger partial charge in [0.2, 0.25) is 5.95 Å². The highest BCUT2D eigenvalue weighted by Gasteiger charge is 2.23. The van der Waals surface area contributed by atoms with Crippen molar-refractivity contribution in [2.45, 2.75) is 12.8 Å². The first kappa shape index (κ1) is 24.4. The molecule has 2 N–H and O–H groups in total. The Morgan fingerprint density at radius 1 is 1.18 bits per heavy atom. The molecule has 2 atom stereocenters. The van der Waals surface area contributed by atoms with Gasteiger partial charge in [-0.25, -0.2) is 15.0 Å². The van der Waals surface area contributed by atoms with Crippen LogP contribution in [-0.2, 0) is 0 Å². The Morgan fingerprint density at radius 3 is 2.67 bits per heavy atom. The third-order valence-corrected chi connectivity index (χ3v) is 6.30. The molecule has 174 valence electrons. The van der Waals surface area contributed by atoms with Gasteiger partial charge in [0.1, 0.15) is 17.9 Å². The van der Waals surface area contributed by atoms with Crippen molar-refractivity contribution >= 4 is 23.5 Å². The fourth-order valence-electron chi connectivity index (χ4n) is 3.60. The molecule has 0 fully saturated rings. The topological polar surface area (TPSA) is 89.0 Å². The molecule has 0 aliphatic carbocycles. The third-order valence-electron chi connectivity index (χ3n) is 5.54. The second-order valence-electron chi connectivity index (χ2n) is 7.58. The number of rotatable bonds is 10. The number of pyridine rings is 1. The van der Waals surface area contributed by atoms with Gasteiger partial charge in [0.05, 0.1) is 12.8 Å². The number of benzene rings is 1. The summed E-state index contributed by atoms with van der Waals surface area (Å²) in [5, 5.41) is 6.05. The number of ether oxygens (including phenoxy) is 1. The van der Waals surface area contributed by atoms with Gasteiger partial charge < -0.3 is 15.4 Å². The second kappa shape index (κ2) is 11.6. The minimum Gasteiger partial charge on any atom is -0.496 e. The van der Waals surface area contributed by atoms with E-state index in [2.05, 4.69) is 38.8 Å². The molecule has 9 heteroatoms. The maximum absolute atomic E-state index is 13.1. The maximum Gasteiger partial charge on any atom is 0.251 e. The standard InChI is InChI=1S/C24H28FN5O2S/c1-15(19-7-5-16(24(31)26-2)9-21(19)32-3)18(13-33-4)12-28-23-10-20(29-14-30-23)17-6-8-22(25)27-11-17/h5-11,14-15,18H,12-13H2,1-4H3,(H,26,31)(H,28,29,30). The van der Waals surface area contributed by atoms with Crippen molar-refractivity contribution in [2.24, 2.45) is 5.92 Å². The van der Waals surface area contributed by atoms with Crippen molar-refractivity contribution in [3.8, 4) is 17.0 Å².